The molecule has 0 bridgehead atoms. The third-order valence-electron chi connectivity index (χ3n) is 3.43. The molecule has 0 fully saturated rings. The molecule has 3 rings (SSSR count). The predicted octanol–water partition coefficient (Wildman–Crippen LogP) is 2.16. The number of ether oxygens (including phenoxy) is 2. The van der Waals surface area contributed by atoms with Gasteiger partial charge in [-0.2, -0.15) is 0 Å². The quantitative estimate of drug-likeness (QED) is 0.845. The summed E-state index contributed by atoms with van der Waals surface area (Å²) < 4.78 is 10.8. The maximum atomic E-state index is 12.1. The number of thiophene rings is 1. The molecule has 0 atom stereocenters. The fourth-order valence-corrected chi connectivity index (χ4v) is 3.13. The molecule has 0 spiro atoms. The number of hydrazine groups is 1. The average Bonchev–Trinajstić information content (AvgIpc) is 3.07. The van der Waals surface area contributed by atoms with Gasteiger partial charge in [-0.05, 0) is 41.6 Å². The number of nitrogens with one attached hydrogen (secondary N) is 2. The molecule has 6 nitrogen and oxygen atoms in total. The minimum atomic E-state index is -0.412. The normalized spacial score (nSPS) is 12.6. The monoisotopic (exact) mass is 332 g/mol. The van der Waals surface area contributed by atoms with E-state index in [4.69, 9.17) is 9.47 Å². The number of benzene rings is 1. The molecule has 0 aliphatic carbocycles. The Morgan fingerprint density at radius 3 is 2.61 bits per heavy atom. The Hall–Kier alpha value is -2.54. The molecule has 1 aliphatic rings. The molecule has 2 aromatic rings. The summed E-state index contributed by atoms with van der Waals surface area (Å²) in [6.07, 6.45) is 0.766. The summed E-state index contributed by atoms with van der Waals surface area (Å²) in [6, 6.07) is 6.80. The number of hydrogen-bond acceptors (Lipinski definition) is 5. The standard InChI is InChI=1S/C16H16N2O4S/c1-2-10-5-8-23-14(10)16(20)18-17-15(19)11-3-4-12-13(9-11)22-7-6-21-12/h3-5,8-9H,2,6-7H2,1H3,(H,17,19)(H,18,20). The zero-order valence-electron chi connectivity index (χ0n) is 12.5. The van der Waals surface area contributed by atoms with Crippen molar-refractivity contribution in [2.75, 3.05) is 13.2 Å². The molecular formula is C16H16N2O4S. The van der Waals surface area contributed by atoms with Gasteiger partial charge in [0, 0.05) is 5.56 Å². The molecule has 1 aliphatic heterocycles. The van der Waals surface area contributed by atoms with E-state index in [2.05, 4.69) is 10.9 Å². The van der Waals surface area contributed by atoms with E-state index in [0.29, 0.717) is 35.2 Å². The second-order valence-corrected chi connectivity index (χ2v) is 5.81. The molecule has 0 saturated carbocycles. The number of fused-ring (bicyclic) bond motifs is 1. The van der Waals surface area contributed by atoms with E-state index in [1.807, 2.05) is 18.4 Å². The third kappa shape index (κ3) is 3.29. The molecule has 2 heterocycles. The zero-order valence-corrected chi connectivity index (χ0v) is 13.4. The highest BCUT2D eigenvalue weighted by Gasteiger charge is 2.16. The van der Waals surface area contributed by atoms with E-state index in [9.17, 15) is 9.59 Å². The summed E-state index contributed by atoms with van der Waals surface area (Å²) in [5.74, 6) is 0.414. The molecular weight excluding hydrogens is 316 g/mol. The number of carbonyl (C=O) groups excluding carboxylic acids is 2. The molecule has 1 aromatic carbocycles. The summed E-state index contributed by atoms with van der Waals surface area (Å²) in [5, 5.41) is 1.86. The molecule has 0 unspecified atom stereocenters. The van der Waals surface area contributed by atoms with E-state index in [1.165, 1.54) is 11.3 Å². The SMILES string of the molecule is CCc1ccsc1C(=O)NNC(=O)c1ccc2c(c1)OCCO2. The first-order valence-corrected chi connectivity index (χ1v) is 8.13. The van der Waals surface area contributed by atoms with Crippen molar-refractivity contribution in [3.8, 4) is 11.5 Å². The third-order valence-corrected chi connectivity index (χ3v) is 4.38. The fourth-order valence-electron chi connectivity index (χ4n) is 2.24. The van der Waals surface area contributed by atoms with Crippen molar-refractivity contribution in [2.45, 2.75) is 13.3 Å². The van der Waals surface area contributed by atoms with Gasteiger partial charge in [0.2, 0.25) is 0 Å². The van der Waals surface area contributed by atoms with Crippen LogP contribution in [-0.4, -0.2) is 25.0 Å². The van der Waals surface area contributed by atoms with Gasteiger partial charge in [-0.15, -0.1) is 11.3 Å². The summed E-state index contributed by atoms with van der Waals surface area (Å²) in [4.78, 5) is 24.8. The fraction of sp³-hybridized carbons (Fsp3) is 0.250. The van der Waals surface area contributed by atoms with Gasteiger partial charge in [0.1, 0.15) is 13.2 Å². The number of aryl methyl sites for hydroxylation is 1. The van der Waals surface area contributed by atoms with E-state index in [1.54, 1.807) is 18.2 Å². The predicted molar refractivity (Wildman–Crippen MR) is 86.1 cm³/mol. The molecule has 23 heavy (non-hydrogen) atoms. The maximum absolute atomic E-state index is 12.1. The number of carbonyl (C=O) groups is 2. The Bertz CT molecular complexity index is 741. The van der Waals surface area contributed by atoms with Gasteiger partial charge in [0.05, 0.1) is 4.88 Å². The van der Waals surface area contributed by atoms with Crippen LogP contribution in [-0.2, 0) is 6.42 Å². The smallest absolute Gasteiger partial charge is 0.280 e. The molecule has 0 saturated heterocycles. The van der Waals surface area contributed by atoms with Gasteiger partial charge in [-0.25, -0.2) is 0 Å². The zero-order chi connectivity index (χ0) is 16.2. The van der Waals surface area contributed by atoms with Crippen molar-refractivity contribution < 1.29 is 19.1 Å². The van der Waals surface area contributed by atoms with Crippen LogP contribution >= 0.6 is 11.3 Å². The Morgan fingerprint density at radius 1 is 1.09 bits per heavy atom. The van der Waals surface area contributed by atoms with Crippen molar-refractivity contribution in [1.29, 1.82) is 0 Å². The van der Waals surface area contributed by atoms with Crippen LogP contribution in [0.1, 0.15) is 32.5 Å². The summed E-state index contributed by atoms with van der Waals surface area (Å²) >= 11 is 1.35. The van der Waals surface area contributed by atoms with Crippen molar-refractivity contribution in [3.05, 3.63) is 45.6 Å². The van der Waals surface area contributed by atoms with Crippen LogP contribution in [0.2, 0.25) is 0 Å². The molecule has 2 amide bonds. The van der Waals surface area contributed by atoms with E-state index < -0.39 is 5.91 Å². The lowest BCUT2D eigenvalue weighted by Gasteiger charge is -2.18. The molecule has 7 heteroatoms. The van der Waals surface area contributed by atoms with E-state index in [0.717, 1.165) is 12.0 Å². The first-order valence-electron chi connectivity index (χ1n) is 7.25. The van der Waals surface area contributed by atoms with Crippen LogP contribution in [0.3, 0.4) is 0 Å². The van der Waals surface area contributed by atoms with Crippen molar-refractivity contribution in [1.82, 2.24) is 10.9 Å². The van der Waals surface area contributed by atoms with Crippen LogP contribution in [0.25, 0.3) is 0 Å². The maximum Gasteiger partial charge on any atom is 0.280 e. The molecule has 1 aromatic heterocycles. The van der Waals surface area contributed by atoms with Gasteiger partial charge in [0.25, 0.3) is 11.8 Å². The van der Waals surface area contributed by atoms with Crippen LogP contribution in [0.15, 0.2) is 29.6 Å². The van der Waals surface area contributed by atoms with Gasteiger partial charge >= 0.3 is 0 Å². The molecule has 0 radical (unpaired) electrons. The largest absolute Gasteiger partial charge is 0.486 e. The van der Waals surface area contributed by atoms with Gasteiger partial charge in [0.15, 0.2) is 11.5 Å². The summed E-state index contributed by atoms with van der Waals surface area (Å²) in [6.45, 7) is 2.93. The van der Waals surface area contributed by atoms with Crippen LogP contribution in [0.5, 0.6) is 11.5 Å². The minimum Gasteiger partial charge on any atom is -0.486 e. The highest BCUT2D eigenvalue weighted by atomic mass is 32.1. The Labute approximate surface area is 137 Å². The lowest BCUT2D eigenvalue weighted by molar-refractivity contribution is 0.0848. The number of rotatable bonds is 3. The van der Waals surface area contributed by atoms with Gasteiger partial charge < -0.3 is 9.47 Å². The van der Waals surface area contributed by atoms with Crippen LogP contribution in [0.4, 0.5) is 0 Å². The Kier molecular flexibility index (Phi) is 4.47. The first-order chi connectivity index (χ1) is 11.2. The number of hydrogen-bond donors (Lipinski definition) is 2. The second-order valence-electron chi connectivity index (χ2n) is 4.90. The average molecular weight is 332 g/mol. The van der Waals surface area contributed by atoms with E-state index >= 15 is 0 Å². The first kappa shape index (κ1) is 15.4. The highest BCUT2D eigenvalue weighted by molar-refractivity contribution is 7.12. The lowest BCUT2D eigenvalue weighted by Crippen LogP contribution is -2.41. The number of amides is 2. The van der Waals surface area contributed by atoms with Crippen LogP contribution in [0, 0.1) is 0 Å². The highest BCUT2D eigenvalue weighted by Crippen LogP contribution is 2.30. The summed E-state index contributed by atoms with van der Waals surface area (Å²) in [5.41, 5.74) is 6.20. The minimum absolute atomic E-state index is 0.317. The van der Waals surface area contributed by atoms with Gasteiger partial charge in [-0.1, -0.05) is 6.92 Å². The topological polar surface area (TPSA) is 76.7 Å². The molecule has 120 valence electrons. The second kappa shape index (κ2) is 6.70. The van der Waals surface area contributed by atoms with Crippen molar-refractivity contribution >= 4 is 23.2 Å². The van der Waals surface area contributed by atoms with E-state index in [-0.39, 0.29) is 5.91 Å². The lowest BCUT2D eigenvalue weighted by atomic mass is 10.2. The van der Waals surface area contributed by atoms with Gasteiger partial charge in [-0.3, -0.25) is 20.4 Å². The van der Waals surface area contributed by atoms with Crippen LogP contribution < -0.4 is 20.3 Å². The Morgan fingerprint density at radius 2 is 1.83 bits per heavy atom. The summed E-state index contributed by atoms with van der Waals surface area (Å²) in [7, 11) is 0. The Balaban J connectivity index is 1.64. The van der Waals surface area contributed by atoms with Crippen molar-refractivity contribution in [3.63, 3.8) is 0 Å². The molecule has 2 N–H and O–H groups in total. The van der Waals surface area contributed by atoms with Crippen molar-refractivity contribution in [2.24, 2.45) is 0 Å².